The Morgan fingerprint density at radius 1 is 1.50 bits per heavy atom. The molecule has 1 N–H and O–H groups in total. The normalized spacial score (nSPS) is 20.2. The highest BCUT2D eigenvalue weighted by Crippen LogP contribution is 2.38. The second-order valence-corrected chi connectivity index (χ2v) is 3.63. The van der Waals surface area contributed by atoms with Crippen molar-refractivity contribution in [2.24, 2.45) is 0 Å². The van der Waals surface area contributed by atoms with Crippen molar-refractivity contribution in [3.05, 3.63) is 18.0 Å². The van der Waals surface area contributed by atoms with Gasteiger partial charge in [-0.25, -0.2) is 18.7 Å². The predicted octanol–water partition coefficient (Wildman–Crippen LogP) is 1.99. The minimum Gasteiger partial charge on any atom is -0.351 e. The van der Waals surface area contributed by atoms with Gasteiger partial charge in [-0.1, -0.05) is 0 Å². The Kier molecular flexibility index (Phi) is 2.09. The van der Waals surface area contributed by atoms with Crippen LogP contribution in [0, 0.1) is 6.92 Å². The molecule has 0 spiro atoms. The molecule has 2 rings (SSSR count). The Labute approximate surface area is 80.6 Å². The van der Waals surface area contributed by atoms with Crippen LogP contribution in [0.3, 0.4) is 0 Å². The van der Waals surface area contributed by atoms with Crippen molar-refractivity contribution in [2.75, 3.05) is 5.32 Å². The lowest BCUT2D eigenvalue weighted by Gasteiger charge is -2.35. The number of anilines is 1. The summed E-state index contributed by atoms with van der Waals surface area (Å²) in [4.78, 5) is 8.02. The third kappa shape index (κ3) is 1.97. The average Bonchev–Trinajstić information content (AvgIpc) is 2.00. The highest BCUT2D eigenvalue weighted by atomic mass is 19.3. The topological polar surface area (TPSA) is 37.8 Å². The van der Waals surface area contributed by atoms with Gasteiger partial charge in [0, 0.05) is 30.8 Å². The first-order chi connectivity index (χ1) is 6.55. The molecule has 5 heteroatoms. The van der Waals surface area contributed by atoms with E-state index in [0.717, 1.165) is 5.69 Å². The van der Waals surface area contributed by atoms with E-state index in [9.17, 15) is 8.78 Å². The molecule has 0 amide bonds. The molecule has 0 atom stereocenters. The molecule has 1 aromatic rings. The van der Waals surface area contributed by atoms with E-state index in [0.29, 0.717) is 5.95 Å². The van der Waals surface area contributed by atoms with E-state index in [1.807, 2.05) is 6.92 Å². The molecule has 1 heterocycles. The van der Waals surface area contributed by atoms with Crippen molar-refractivity contribution in [1.29, 1.82) is 0 Å². The summed E-state index contributed by atoms with van der Waals surface area (Å²) < 4.78 is 25.0. The molecule has 0 radical (unpaired) electrons. The quantitative estimate of drug-likeness (QED) is 0.791. The number of nitrogens with one attached hydrogen (secondary N) is 1. The molecule has 0 aliphatic heterocycles. The van der Waals surface area contributed by atoms with Crippen LogP contribution in [0.15, 0.2) is 12.3 Å². The molecule has 1 aliphatic carbocycles. The number of aromatic nitrogens is 2. The summed E-state index contributed by atoms with van der Waals surface area (Å²) in [7, 11) is 0. The number of hydrogen-bond donors (Lipinski definition) is 1. The smallest absolute Gasteiger partial charge is 0.252 e. The number of rotatable bonds is 2. The third-order valence-electron chi connectivity index (χ3n) is 2.22. The van der Waals surface area contributed by atoms with Gasteiger partial charge in [-0.3, -0.25) is 0 Å². The summed E-state index contributed by atoms with van der Waals surface area (Å²) in [5, 5.41) is 2.87. The fourth-order valence-electron chi connectivity index (χ4n) is 1.46. The first-order valence-corrected chi connectivity index (χ1v) is 4.49. The van der Waals surface area contributed by atoms with Crippen molar-refractivity contribution >= 4 is 5.95 Å². The van der Waals surface area contributed by atoms with Crippen LogP contribution >= 0.6 is 0 Å². The second kappa shape index (κ2) is 3.15. The van der Waals surface area contributed by atoms with Gasteiger partial charge < -0.3 is 5.32 Å². The number of alkyl halides is 2. The number of halogens is 2. The van der Waals surface area contributed by atoms with Crippen LogP contribution < -0.4 is 5.32 Å². The van der Waals surface area contributed by atoms with Crippen molar-refractivity contribution in [1.82, 2.24) is 9.97 Å². The zero-order valence-electron chi connectivity index (χ0n) is 7.80. The van der Waals surface area contributed by atoms with Crippen LogP contribution in [0.25, 0.3) is 0 Å². The standard InChI is InChI=1S/C9H11F2N3/c1-6-2-3-12-8(13-6)14-7-4-9(10,11)5-7/h2-3,7H,4-5H2,1H3,(H,12,13,14). The molecular formula is C9H11F2N3. The minimum atomic E-state index is -2.50. The molecule has 1 fully saturated rings. The van der Waals surface area contributed by atoms with Crippen LogP contribution in [0.5, 0.6) is 0 Å². The van der Waals surface area contributed by atoms with Crippen molar-refractivity contribution in [2.45, 2.75) is 31.7 Å². The maximum atomic E-state index is 12.5. The molecule has 3 nitrogen and oxygen atoms in total. The number of nitrogens with zero attached hydrogens (tertiary/aromatic N) is 2. The first-order valence-electron chi connectivity index (χ1n) is 4.49. The van der Waals surface area contributed by atoms with Crippen LogP contribution in [-0.4, -0.2) is 21.9 Å². The molecule has 1 aliphatic rings. The van der Waals surface area contributed by atoms with E-state index in [1.165, 1.54) is 0 Å². The maximum absolute atomic E-state index is 12.5. The number of aryl methyl sites for hydroxylation is 1. The fraction of sp³-hybridized carbons (Fsp3) is 0.556. The zero-order valence-corrected chi connectivity index (χ0v) is 7.80. The summed E-state index contributed by atoms with van der Waals surface area (Å²) in [6.07, 6.45) is 1.37. The molecule has 0 aromatic carbocycles. The Bertz CT molecular complexity index is 333. The van der Waals surface area contributed by atoms with Gasteiger partial charge in [0.1, 0.15) is 0 Å². The minimum absolute atomic E-state index is 0.121. The molecular weight excluding hydrogens is 188 g/mol. The monoisotopic (exact) mass is 199 g/mol. The summed E-state index contributed by atoms with van der Waals surface area (Å²) in [6, 6.07) is 1.58. The Morgan fingerprint density at radius 2 is 2.21 bits per heavy atom. The van der Waals surface area contributed by atoms with E-state index in [1.54, 1.807) is 12.3 Å². The number of hydrogen-bond acceptors (Lipinski definition) is 3. The van der Waals surface area contributed by atoms with Crippen molar-refractivity contribution in [3.63, 3.8) is 0 Å². The molecule has 0 saturated heterocycles. The summed E-state index contributed by atoms with van der Waals surface area (Å²) >= 11 is 0. The lowest BCUT2D eigenvalue weighted by molar-refractivity contribution is -0.0794. The molecule has 0 bridgehead atoms. The summed E-state index contributed by atoms with van der Waals surface area (Å²) in [5.41, 5.74) is 0.827. The highest BCUT2D eigenvalue weighted by molar-refractivity contribution is 5.28. The molecule has 0 unspecified atom stereocenters. The maximum Gasteiger partial charge on any atom is 0.252 e. The van der Waals surface area contributed by atoms with Crippen LogP contribution in [-0.2, 0) is 0 Å². The van der Waals surface area contributed by atoms with E-state index in [4.69, 9.17) is 0 Å². The summed E-state index contributed by atoms with van der Waals surface area (Å²) in [6.45, 7) is 1.84. The van der Waals surface area contributed by atoms with Crippen LogP contribution in [0.4, 0.5) is 14.7 Å². The van der Waals surface area contributed by atoms with Gasteiger partial charge in [-0.05, 0) is 13.0 Å². The summed E-state index contributed by atoms with van der Waals surface area (Å²) in [5.74, 6) is -2.06. The second-order valence-electron chi connectivity index (χ2n) is 3.63. The Hall–Kier alpha value is -1.26. The predicted molar refractivity (Wildman–Crippen MR) is 48.4 cm³/mol. The van der Waals surface area contributed by atoms with Gasteiger partial charge in [-0.2, -0.15) is 0 Å². The highest BCUT2D eigenvalue weighted by Gasteiger charge is 2.45. The Balaban J connectivity index is 1.93. The van der Waals surface area contributed by atoms with Crippen LogP contribution in [0.1, 0.15) is 18.5 Å². The van der Waals surface area contributed by atoms with E-state index in [-0.39, 0.29) is 18.9 Å². The molecule has 14 heavy (non-hydrogen) atoms. The van der Waals surface area contributed by atoms with E-state index < -0.39 is 5.92 Å². The van der Waals surface area contributed by atoms with E-state index >= 15 is 0 Å². The zero-order chi connectivity index (χ0) is 10.2. The Morgan fingerprint density at radius 3 is 2.79 bits per heavy atom. The van der Waals surface area contributed by atoms with E-state index in [2.05, 4.69) is 15.3 Å². The third-order valence-corrected chi connectivity index (χ3v) is 2.22. The van der Waals surface area contributed by atoms with Crippen molar-refractivity contribution < 1.29 is 8.78 Å². The van der Waals surface area contributed by atoms with Gasteiger partial charge in [-0.15, -0.1) is 0 Å². The van der Waals surface area contributed by atoms with Crippen LogP contribution in [0.2, 0.25) is 0 Å². The molecule has 1 saturated carbocycles. The van der Waals surface area contributed by atoms with Gasteiger partial charge in [0.25, 0.3) is 5.92 Å². The van der Waals surface area contributed by atoms with Gasteiger partial charge in [0.2, 0.25) is 5.95 Å². The first kappa shape index (κ1) is 9.30. The lowest BCUT2D eigenvalue weighted by atomic mass is 9.88. The van der Waals surface area contributed by atoms with Crippen molar-refractivity contribution in [3.8, 4) is 0 Å². The molecule has 1 aromatic heterocycles. The largest absolute Gasteiger partial charge is 0.351 e. The fourth-order valence-corrected chi connectivity index (χ4v) is 1.46. The van der Waals surface area contributed by atoms with Gasteiger partial charge in [0.05, 0.1) is 0 Å². The SMILES string of the molecule is Cc1ccnc(NC2CC(F)(F)C2)n1. The lowest BCUT2D eigenvalue weighted by Crippen LogP contribution is -2.44. The van der Waals surface area contributed by atoms with Gasteiger partial charge in [0.15, 0.2) is 0 Å². The average molecular weight is 199 g/mol. The molecule has 76 valence electrons. The van der Waals surface area contributed by atoms with Gasteiger partial charge >= 0.3 is 0 Å².